The molecule has 78 valence electrons. The van der Waals surface area contributed by atoms with Crippen LogP contribution in [0.2, 0.25) is 0 Å². The van der Waals surface area contributed by atoms with E-state index in [9.17, 15) is 0 Å². The van der Waals surface area contributed by atoms with Gasteiger partial charge in [-0.15, -0.1) is 0 Å². The van der Waals surface area contributed by atoms with Gasteiger partial charge >= 0.3 is 0 Å². The van der Waals surface area contributed by atoms with Gasteiger partial charge in [0.25, 0.3) is 0 Å². The third-order valence-corrected chi connectivity index (χ3v) is 2.11. The van der Waals surface area contributed by atoms with E-state index in [1.165, 1.54) is 0 Å². The summed E-state index contributed by atoms with van der Waals surface area (Å²) in [4.78, 5) is 8.42. The smallest absolute Gasteiger partial charge is 0.0933 e. The lowest BCUT2D eigenvalue weighted by molar-refractivity contribution is 0.0229. The Morgan fingerprint density at radius 1 is 1.07 bits per heavy atom. The van der Waals surface area contributed by atoms with Gasteiger partial charge in [-0.25, -0.2) is 0 Å². The summed E-state index contributed by atoms with van der Waals surface area (Å²) < 4.78 is 0. The van der Waals surface area contributed by atoms with Gasteiger partial charge in [0, 0.05) is 11.9 Å². The van der Waals surface area contributed by atoms with Gasteiger partial charge in [-0.05, 0) is 17.7 Å². The molecule has 0 saturated heterocycles. The molecular formula is C12H14N2O. The molecule has 3 heteroatoms. The van der Waals surface area contributed by atoms with Crippen molar-refractivity contribution in [3.05, 3.63) is 59.9 Å². The molecule has 15 heavy (non-hydrogen) atoms. The van der Waals surface area contributed by atoms with Gasteiger partial charge in [-0.2, -0.15) is 5.48 Å². The molecule has 0 bridgehead atoms. The Morgan fingerprint density at radius 3 is 2.67 bits per heavy atom. The van der Waals surface area contributed by atoms with Crippen LogP contribution < -0.4 is 5.48 Å². The van der Waals surface area contributed by atoms with Crippen LogP contribution in [-0.4, -0.2) is 4.98 Å². The summed E-state index contributed by atoms with van der Waals surface area (Å²) in [6.07, 6.45) is 1.90. The lowest BCUT2D eigenvalue weighted by Gasteiger charge is -2.04. The van der Waals surface area contributed by atoms with Crippen molar-refractivity contribution in [3.8, 4) is 0 Å². The minimum absolute atomic E-state index is 0.585. The third kappa shape index (κ3) is 3.23. The van der Waals surface area contributed by atoms with E-state index < -0.39 is 0 Å². The summed E-state index contributed by atoms with van der Waals surface area (Å²) in [7, 11) is 0. The molecule has 1 aromatic carbocycles. The molecule has 0 aliphatic carbocycles. The lowest BCUT2D eigenvalue weighted by Crippen LogP contribution is -2.13. The van der Waals surface area contributed by atoms with Crippen molar-refractivity contribution in [1.29, 1.82) is 0 Å². The van der Waals surface area contributed by atoms with Crippen LogP contribution in [0.25, 0.3) is 0 Å². The van der Waals surface area contributed by atoms with Crippen molar-refractivity contribution in [2.75, 3.05) is 0 Å². The van der Waals surface area contributed by atoms with Crippen LogP contribution in [-0.2, 0) is 18.0 Å². The molecule has 0 saturated carbocycles. The van der Waals surface area contributed by atoms with Gasteiger partial charge in [-0.3, -0.25) is 4.84 Å². The van der Waals surface area contributed by atoms with Crippen molar-refractivity contribution >= 4 is 0 Å². The molecule has 0 aliphatic heterocycles. The van der Waals surface area contributed by atoms with Crippen LogP contribution >= 0.6 is 0 Å². The van der Waals surface area contributed by atoms with E-state index >= 15 is 0 Å². The van der Waals surface area contributed by atoms with E-state index in [0.29, 0.717) is 13.2 Å². The first-order chi connectivity index (χ1) is 7.45. The molecule has 0 aliphatic rings. The Labute approximate surface area is 89.0 Å². The van der Waals surface area contributed by atoms with E-state index in [1.807, 2.05) is 48.7 Å². The molecule has 0 spiro atoms. The number of benzene rings is 1. The highest BCUT2D eigenvalue weighted by Crippen LogP contribution is 1.99. The van der Waals surface area contributed by atoms with Crippen molar-refractivity contribution in [2.45, 2.75) is 13.2 Å². The summed E-state index contributed by atoms with van der Waals surface area (Å²) >= 11 is 0. The number of hydroxylamine groups is 1. The highest BCUT2D eigenvalue weighted by molar-refractivity contribution is 5.13. The summed E-state index contributed by atoms with van der Waals surface area (Å²) in [5, 5.41) is 0. The SMILES string of the molecule is c1ccc(CONCc2ccc[nH]2)cc1. The van der Waals surface area contributed by atoms with Gasteiger partial charge in [0.15, 0.2) is 0 Å². The fourth-order valence-corrected chi connectivity index (χ4v) is 1.31. The zero-order valence-electron chi connectivity index (χ0n) is 8.44. The number of aromatic nitrogens is 1. The second-order valence-electron chi connectivity index (χ2n) is 3.29. The standard InChI is InChI=1S/C12H14N2O/c1-2-5-11(6-3-1)10-15-14-9-12-7-4-8-13-12/h1-8,13-14H,9-10H2. The van der Waals surface area contributed by atoms with E-state index in [0.717, 1.165) is 11.3 Å². The molecule has 3 nitrogen and oxygen atoms in total. The first-order valence-electron chi connectivity index (χ1n) is 4.96. The molecule has 2 aromatic rings. The average molecular weight is 202 g/mol. The van der Waals surface area contributed by atoms with Crippen LogP contribution in [0.1, 0.15) is 11.3 Å². The molecule has 1 heterocycles. The minimum Gasteiger partial charge on any atom is -0.364 e. The molecule has 0 unspecified atom stereocenters. The zero-order valence-corrected chi connectivity index (χ0v) is 8.44. The molecule has 2 N–H and O–H groups in total. The van der Waals surface area contributed by atoms with E-state index in [-0.39, 0.29) is 0 Å². The number of H-pyrrole nitrogens is 1. The minimum atomic E-state index is 0.585. The van der Waals surface area contributed by atoms with Crippen molar-refractivity contribution in [2.24, 2.45) is 0 Å². The Hall–Kier alpha value is -1.58. The Kier molecular flexibility index (Phi) is 3.54. The van der Waals surface area contributed by atoms with Gasteiger partial charge in [0.05, 0.1) is 13.2 Å². The van der Waals surface area contributed by atoms with Crippen LogP contribution in [0.3, 0.4) is 0 Å². The fraction of sp³-hybridized carbons (Fsp3) is 0.167. The predicted molar refractivity (Wildman–Crippen MR) is 58.9 cm³/mol. The largest absolute Gasteiger partial charge is 0.364 e. The Bertz CT molecular complexity index is 370. The topological polar surface area (TPSA) is 37.0 Å². The van der Waals surface area contributed by atoms with Crippen LogP contribution in [0.15, 0.2) is 48.7 Å². The van der Waals surface area contributed by atoms with E-state index in [1.54, 1.807) is 0 Å². The molecule has 0 fully saturated rings. The molecular weight excluding hydrogens is 188 g/mol. The number of rotatable bonds is 5. The maximum Gasteiger partial charge on any atom is 0.0933 e. The number of aromatic amines is 1. The van der Waals surface area contributed by atoms with Gasteiger partial charge < -0.3 is 4.98 Å². The fourth-order valence-electron chi connectivity index (χ4n) is 1.31. The van der Waals surface area contributed by atoms with Gasteiger partial charge in [0.2, 0.25) is 0 Å². The maximum atomic E-state index is 5.32. The molecule has 0 atom stereocenters. The monoisotopic (exact) mass is 202 g/mol. The molecule has 1 aromatic heterocycles. The third-order valence-electron chi connectivity index (χ3n) is 2.11. The number of nitrogens with one attached hydrogen (secondary N) is 2. The van der Waals surface area contributed by atoms with Crippen molar-refractivity contribution < 1.29 is 4.84 Å². The first kappa shape index (κ1) is 9.96. The van der Waals surface area contributed by atoms with Crippen LogP contribution in [0.4, 0.5) is 0 Å². The molecule has 2 rings (SSSR count). The van der Waals surface area contributed by atoms with E-state index in [2.05, 4.69) is 10.5 Å². The zero-order chi connectivity index (χ0) is 10.3. The second-order valence-corrected chi connectivity index (χ2v) is 3.29. The maximum absolute atomic E-state index is 5.32. The van der Waals surface area contributed by atoms with Crippen molar-refractivity contribution in [3.63, 3.8) is 0 Å². The average Bonchev–Trinajstić information content (AvgIpc) is 2.79. The second kappa shape index (κ2) is 5.34. The first-order valence-corrected chi connectivity index (χ1v) is 4.96. The van der Waals surface area contributed by atoms with Crippen molar-refractivity contribution in [1.82, 2.24) is 10.5 Å². The normalized spacial score (nSPS) is 10.4. The van der Waals surface area contributed by atoms with Crippen LogP contribution in [0.5, 0.6) is 0 Å². The molecule has 0 amide bonds. The van der Waals surface area contributed by atoms with Crippen LogP contribution in [0, 0.1) is 0 Å². The molecule has 0 radical (unpaired) electrons. The number of hydrogen-bond donors (Lipinski definition) is 2. The highest BCUT2D eigenvalue weighted by atomic mass is 16.6. The van der Waals surface area contributed by atoms with Gasteiger partial charge in [0.1, 0.15) is 0 Å². The van der Waals surface area contributed by atoms with E-state index in [4.69, 9.17) is 4.84 Å². The predicted octanol–water partition coefficient (Wildman–Crippen LogP) is 2.24. The summed E-state index contributed by atoms with van der Waals surface area (Å²) in [5.74, 6) is 0. The Balaban J connectivity index is 1.68. The lowest BCUT2D eigenvalue weighted by atomic mass is 10.2. The Morgan fingerprint density at radius 2 is 1.93 bits per heavy atom. The highest BCUT2D eigenvalue weighted by Gasteiger charge is 1.93. The quantitative estimate of drug-likeness (QED) is 0.576. The summed E-state index contributed by atoms with van der Waals surface area (Å²) in [6, 6.07) is 14.1. The van der Waals surface area contributed by atoms with Gasteiger partial charge in [-0.1, -0.05) is 30.3 Å². The number of hydrogen-bond acceptors (Lipinski definition) is 2. The summed E-state index contributed by atoms with van der Waals surface area (Å²) in [6.45, 7) is 1.28. The summed E-state index contributed by atoms with van der Waals surface area (Å²) in [5.41, 5.74) is 5.18.